The molecule has 2 amide bonds. The predicted octanol–water partition coefficient (Wildman–Crippen LogP) is 3.13. The molecule has 0 unspecified atom stereocenters. The molecule has 9 heteroatoms. The number of hydrogen-bond donors (Lipinski definition) is 2. The average Bonchev–Trinajstić information content (AvgIpc) is 2.69. The SMILES string of the molecule is CCN(CC)C(=O)c1ccc(NC(=O)[C@@H](C)NS(=O)(=O)c2cccc(Cl)c2)cc1. The highest BCUT2D eigenvalue weighted by Gasteiger charge is 2.22. The topological polar surface area (TPSA) is 95.6 Å². The molecule has 29 heavy (non-hydrogen) atoms. The van der Waals surface area contributed by atoms with Crippen LogP contribution in [0.5, 0.6) is 0 Å². The van der Waals surface area contributed by atoms with Crippen LogP contribution in [0.2, 0.25) is 5.02 Å². The highest BCUT2D eigenvalue weighted by molar-refractivity contribution is 7.89. The molecule has 2 aromatic rings. The van der Waals surface area contributed by atoms with Crippen LogP contribution in [0, 0.1) is 0 Å². The van der Waals surface area contributed by atoms with Gasteiger partial charge in [0.2, 0.25) is 15.9 Å². The van der Waals surface area contributed by atoms with Gasteiger partial charge in [0.1, 0.15) is 0 Å². The van der Waals surface area contributed by atoms with Crippen molar-refractivity contribution in [2.45, 2.75) is 31.7 Å². The number of halogens is 1. The van der Waals surface area contributed by atoms with Gasteiger partial charge in [-0.05, 0) is 63.2 Å². The molecule has 1 atom stereocenters. The Morgan fingerprint density at radius 1 is 1.07 bits per heavy atom. The monoisotopic (exact) mass is 437 g/mol. The minimum absolute atomic E-state index is 0.0242. The number of hydrogen-bond acceptors (Lipinski definition) is 4. The first-order valence-corrected chi connectivity index (χ1v) is 11.0. The van der Waals surface area contributed by atoms with Crippen LogP contribution in [0.25, 0.3) is 0 Å². The van der Waals surface area contributed by atoms with Crippen molar-refractivity contribution in [1.29, 1.82) is 0 Å². The number of anilines is 1. The number of carbonyl (C=O) groups is 2. The summed E-state index contributed by atoms with van der Waals surface area (Å²) in [7, 11) is -3.90. The fraction of sp³-hybridized carbons (Fsp3) is 0.300. The summed E-state index contributed by atoms with van der Waals surface area (Å²) in [6.45, 7) is 6.47. The Bertz CT molecular complexity index is 973. The molecular formula is C20H24ClN3O4S. The molecule has 2 rings (SSSR count). The Labute approximate surface area is 176 Å². The molecule has 0 spiro atoms. The van der Waals surface area contributed by atoms with E-state index in [1.165, 1.54) is 25.1 Å². The third-order valence-corrected chi connectivity index (χ3v) is 6.06. The molecule has 2 N–H and O–H groups in total. The van der Waals surface area contributed by atoms with Crippen molar-refractivity contribution in [1.82, 2.24) is 9.62 Å². The molecule has 0 saturated heterocycles. The maximum Gasteiger partial charge on any atom is 0.253 e. The van der Waals surface area contributed by atoms with Gasteiger partial charge >= 0.3 is 0 Å². The van der Waals surface area contributed by atoms with E-state index >= 15 is 0 Å². The lowest BCUT2D eigenvalue weighted by atomic mass is 10.1. The molecule has 0 aliphatic carbocycles. The number of rotatable bonds is 8. The Kier molecular flexibility index (Phi) is 7.78. The van der Waals surface area contributed by atoms with Gasteiger partial charge < -0.3 is 10.2 Å². The smallest absolute Gasteiger partial charge is 0.253 e. The maximum atomic E-state index is 12.4. The Morgan fingerprint density at radius 3 is 2.24 bits per heavy atom. The van der Waals surface area contributed by atoms with Crippen LogP contribution in [0.15, 0.2) is 53.4 Å². The Balaban J connectivity index is 2.03. The highest BCUT2D eigenvalue weighted by atomic mass is 35.5. The van der Waals surface area contributed by atoms with Crippen LogP contribution in [0.1, 0.15) is 31.1 Å². The third-order valence-electron chi connectivity index (χ3n) is 4.28. The summed E-state index contributed by atoms with van der Waals surface area (Å²) < 4.78 is 27.1. The van der Waals surface area contributed by atoms with Crippen LogP contribution in [0.4, 0.5) is 5.69 Å². The number of nitrogens with one attached hydrogen (secondary N) is 2. The number of nitrogens with zero attached hydrogens (tertiary/aromatic N) is 1. The first kappa shape index (κ1) is 22.9. The molecule has 0 aromatic heterocycles. The summed E-state index contributed by atoms with van der Waals surface area (Å²) >= 11 is 5.83. The molecule has 0 saturated carbocycles. The van der Waals surface area contributed by atoms with E-state index in [0.717, 1.165) is 0 Å². The minimum Gasteiger partial charge on any atom is -0.339 e. The fourth-order valence-electron chi connectivity index (χ4n) is 2.63. The van der Waals surface area contributed by atoms with Crippen LogP contribution in [-0.2, 0) is 14.8 Å². The van der Waals surface area contributed by atoms with Crippen molar-refractivity contribution in [3.63, 3.8) is 0 Å². The number of benzene rings is 2. The highest BCUT2D eigenvalue weighted by Crippen LogP contribution is 2.16. The van der Waals surface area contributed by atoms with Crippen molar-refractivity contribution in [2.75, 3.05) is 18.4 Å². The van der Waals surface area contributed by atoms with E-state index in [1.54, 1.807) is 35.2 Å². The number of sulfonamides is 1. The van der Waals surface area contributed by atoms with Crippen LogP contribution >= 0.6 is 11.6 Å². The predicted molar refractivity (Wildman–Crippen MR) is 114 cm³/mol. The van der Waals surface area contributed by atoms with Gasteiger partial charge in [-0.15, -0.1) is 0 Å². The van der Waals surface area contributed by atoms with Crippen LogP contribution < -0.4 is 10.0 Å². The van der Waals surface area contributed by atoms with E-state index in [0.29, 0.717) is 24.3 Å². The van der Waals surface area contributed by atoms with Crippen LogP contribution in [-0.4, -0.2) is 44.3 Å². The quantitative estimate of drug-likeness (QED) is 0.663. The second kappa shape index (κ2) is 9.87. The molecule has 0 radical (unpaired) electrons. The zero-order valence-electron chi connectivity index (χ0n) is 16.5. The van der Waals surface area contributed by atoms with Gasteiger partial charge in [-0.25, -0.2) is 8.42 Å². The molecule has 2 aromatic carbocycles. The standard InChI is InChI=1S/C20H24ClN3O4S/c1-4-24(5-2)20(26)15-9-11-17(12-10-15)22-19(25)14(3)23-29(27,28)18-8-6-7-16(21)13-18/h6-14,23H,4-5H2,1-3H3,(H,22,25)/t14-/m1/s1. The van der Waals surface area contributed by atoms with Crippen molar-refractivity contribution in [2.24, 2.45) is 0 Å². The summed E-state index contributed by atoms with van der Waals surface area (Å²) in [5.41, 5.74) is 0.973. The maximum absolute atomic E-state index is 12.4. The largest absolute Gasteiger partial charge is 0.339 e. The third kappa shape index (κ3) is 6.03. The second-order valence-corrected chi connectivity index (χ2v) is 8.49. The van der Waals surface area contributed by atoms with Crippen molar-refractivity contribution < 1.29 is 18.0 Å². The molecule has 0 bridgehead atoms. The first-order chi connectivity index (χ1) is 13.7. The molecule has 0 heterocycles. The van der Waals surface area contributed by atoms with Crippen LogP contribution in [0.3, 0.4) is 0 Å². The minimum atomic E-state index is -3.90. The molecule has 0 aliphatic heterocycles. The summed E-state index contributed by atoms with van der Waals surface area (Å²) in [5.74, 6) is -0.617. The van der Waals surface area contributed by atoms with Crippen molar-refractivity contribution in [3.8, 4) is 0 Å². The van der Waals surface area contributed by atoms with E-state index in [-0.39, 0.29) is 15.8 Å². The lowest BCUT2D eigenvalue weighted by Crippen LogP contribution is -2.41. The lowest BCUT2D eigenvalue weighted by molar-refractivity contribution is -0.117. The van der Waals surface area contributed by atoms with Gasteiger partial charge in [0, 0.05) is 29.4 Å². The summed E-state index contributed by atoms with van der Waals surface area (Å²) in [6.07, 6.45) is 0. The number of carbonyl (C=O) groups excluding carboxylic acids is 2. The molecule has 156 valence electrons. The number of amides is 2. The first-order valence-electron chi connectivity index (χ1n) is 9.16. The van der Waals surface area contributed by atoms with Gasteiger partial charge in [0.05, 0.1) is 10.9 Å². The van der Waals surface area contributed by atoms with Gasteiger partial charge in [-0.1, -0.05) is 17.7 Å². The zero-order chi connectivity index (χ0) is 21.6. The van der Waals surface area contributed by atoms with E-state index in [9.17, 15) is 18.0 Å². The van der Waals surface area contributed by atoms with E-state index < -0.39 is 22.0 Å². The molecular weight excluding hydrogens is 414 g/mol. The lowest BCUT2D eigenvalue weighted by Gasteiger charge is -2.19. The molecule has 0 aliphatic rings. The molecule has 0 fully saturated rings. The van der Waals surface area contributed by atoms with Gasteiger partial charge in [0.15, 0.2) is 0 Å². The summed E-state index contributed by atoms with van der Waals surface area (Å²) in [6, 6.07) is 11.2. The summed E-state index contributed by atoms with van der Waals surface area (Å²) in [4.78, 5) is 26.4. The van der Waals surface area contributed by atoms with E-state index in [2.05, 4.69) is 10.0 Å². The molecule has 7 nitrogen and oxygen atoms in total. The van der Waals surface area contributed by atoms with Gasteiger partial charge in [-0.2, -0.15) is 4.72 Å². The van der Waals surface area contributed by atoms with E-state index in [1.807, 2.05) is 13.8 Å². The normalized spacial score (nSPS) is 12.3. The zero-order valence-corrected chi connectivity index (χ0v) is 18.0. The van der Waals surface area contributed by atoms with Crippen molar-refractivity contribution in [3.05, 3.63) is 59.1 Å². The van der Waals surface area contributed by atoms with E-state index in [4.69, 9.17) is 11.6 Å². The Hall–Kier alpha value is -2.42. The second-order valence-electron chi connectivity index (χ2n) is 6.34. The van der Waals surface area contributed by atoms with Gasteiger partial charge in [0.25, 0.3) is 5.91 Å². The Morgan fingerprint density at radius 2 is 1.69 bits per heavy atom. The van der Waals surface area contributed by atoms with Crippen molar-refractivity contribution >= 4 is 39.1 Å². The van der Waals surface area contributed by atoms with Gasteiger partial charge in [-0.3, -0.25) is 9.59 Å². The summed E-state index contributed by atoms with van der Waals surface area (Å²) in [5, 5.41) is 2.92. The average molecular weight is 438 g/mol. The fourth-order valence-corrected chi connectivity index (χ4v) is 4.13.